The van der Waals surface area contributed by atoms with Crippen LogP contribution in [0.4, 0.5) is 0 Å². The lowest BCUT2D eigenvalue weighted by Crippen LogP contribution is -2.23. The molecular weight excluding hydrogens is 273 g/mol. The third-order valence-corrected chi connectivity index (χ3v) is 2.84. The number of hydrogen-bond donors (Lipinski definition) is 2. The Kier molecular flexibility index (Phi) is 6.79. The molecule has 0 bridgehead atoms. The summed E-state index contributed by atoms with van der Waals surface area (Å²) in [6, 6.07) is 3.65. The molecule has 0 fully saturated rings. The van der Waals surface area contributed by atoms with Crippen molar-refractivity contribution in [3.05, 3.63) is 27.7 Å². The number of aliphatic hydroxyl groups excluding tert-OH is 1. The van der Waals surface area contributed by atoms with E-state index in [1.807, 2.05) is 19.1 Å². The highest BCUT2D eigenvalue weighted by Gasteiger charge is 2.09. The fraction of sp³-hybridized carbons (Fsp3) is 0.538. The molecule has 0 heterocycles. The minimum Gasteiger partial charge on any atom is -0.490 e. The fourth-order valence-electron chi connectivity index (χ4n) is 1.48. The van der Waals surface area contributed by atoms with Gasteiger partial charge in [0.25, 0.3) is 0 Å². The summed E-state index contributed by atoms with van der Waals surface area (Å²) in [6.45, 7) is 5.49. The summed E-state index contributed by atoms with van der Waals surface area (Å²) in [6.07, 6.45) is 0.535. The average molecular weight is 292 g/mol. The minimum absolute atomic E-state index is 0.372. The van der Waals surface area contributed by atoms with Crippen molar-refractivity contribution in [2.45, 2.75) is 32.9 Å². The van der Waals surface area contributed by atoms with Gasteiger partial charge in [0.15, 0.2) is 5.75 Å². The number of nitrogens with one attached hydrogen (secondary N) is 1. The van der Waals surface area contributed by atoms with E-state index in [4.69, 9.17) is 33.0 Å². The van der Waals surface area contributed by atoms with Crippen molar-refractivity contribution in [3.8, 4) is 5.75 Å². The van der Waals surface area contributed by atoms with E-state index in [1.54, 1.807) is 6.92 Å². The van der Waals surface area contributed by atoms with E-state index >= 15 is 0 Å². The molecule has 0 saturated heterocycles. The van der Waals surface area contributed by atoms with Gasteiger partial charge in [-0.25, -0.2) is 0 Å². The highest BCUT2D eigenvalue weighted by molar-refractivity contribution is 6.37. The molecule has 0 aromatic heterocycles. The van der Waals surface area contributed by atoms with Crippen molar-refractivity contribution in [2.75, 3.05) is 13.2 Å². The summed E-state index contributed by atoms with van der Waals surface area (Å²) >= 11 is 12.3. The molecule has 1 rings (SSSR count). The Morgan fingerprint density at radius 1 is 1.33 bits per heavy atom. The van der Waals surface area contributed by atoms with E-state index in [1.165, 1.54) is 0 Å². The summed E-state index contributed by atoms with van der Waals surface area (Å²) in [4.78, 5) is 0. The molecule has 2 N–H and O–H groups in total. The van der Waals surface area contributed by atoms with E-state index in [-0.39, 0.29) is 6.10 Å². The molecular formula is C13H19Cl2NO2. The molecule has 0 radical (unpaired) electrons. The largest absolute Gasteiger partial charge is 0.490 e. The highest BCUT2D eigenvalue weighted by atomic mass is 35.5. The summed E-state index contributed by atoms with van der Waals surface area (Å²) in [5, 5.41) is 13.3. The third-order valence-electron chi connectivity index (χ3n) is 2.28. The number of ether oxygens (including phenoxy) is 1. The van der Waals surface area contributed by atoms with E-state index in [0.29, 0.717) is 35.5 Å². The second kappa shape index (κ2) is 7.85. The van der Waals surface area contributed by atoms with Crippen LogP contribution in [-0.2, 0) is 6.54 Å². The molecule has 0 aliphatic rings. The van der Waals surface area contributed by atoms with Crippen molar-refractivity contribution in [1.82, 2.24) is 5.32 Å². The van der Waals surface area contributed by atoms with Crippen LogP contribution in [0.3, 0.4) is 0 Å². The first-order valence-electron chi connectivity index (χ1n) is 6.04. The minimum atomic E-state index is -0.372. The van der Waals surface area contributed by atoms with Gasteiger partial charge in [-0.2, -0.15) is 0 Å². The number of benzene rings is 1. The van der Waals surface area contributed by atoms with Crippen molar-refractivity contribution < 1.29 is 9.84 Å². The second-order valence-corrected chi connectivity index (χ2v) is 5.03. The lowest BCUT2D eigenvalue weighted by molar-refractivity contribution is 0.191. The van der Waals surface area contributed by atoms with E-state index in [9.17, 15) is 0 Å². The fourth-order valence-corrected chi connectivity index (χ4v) is 2.12. The smallest absolute Gasteiger partial charge is 0.156 e. The zero-order valence-corrected chi connectivity index (χ0v) is 12.2. The first-order valence-corrected chi connectivity index (χ1v) is 6.79. The maximum absolute atomic E-state index is 9.15. The third kappa shape index (κ3) is 5.02. The summed E-state index contributed by atoms with van der Waals surface area (Å²) < 4.78 is 5.49. The Labute approximate surface area is 118 Å². The normalized spacial score (nSPS) is 12.5. The Morgan fingerprint density at radius 2 is 1.94 bits per heavy atom. The van der Waals surface area contributed by atoms with Crippen LogP contribution in [0.5, 0.6) is 5.75 Å². The molecule has 1 unspecified atom stereocenters. The van der Waals surface area contributed by atoms with Gasteiger partial charge in [-0.3, -0.25) is 0 Å². The van der Waals surface area contributed by atoms with Gasteiger partial charge < -0.3 is 15.2 Å². The molecule has 1 atom stereocenters. The van der Waals surface area contributed by atoms with E-state index in [0.717, 1.165) is 12.0 Å². The molecule has 5 heteroatoms. The zero-order valence-electron chi connectivity index (χ0n) is 10.7. The van der Waals surface area contributed by atoms with Gasteiger partial charge in [0, 0.05) is 13.1 Å². The Balaban J connectivity index is 2.67. The van der Waals surface area contributed by atoms with Gasteiger partial charge in [0.05, 0.1) is 22.8 Å². The van der Waals surface area contributed by atoms with Crippen molar-refractivity contribution >= 4 is 23.2 Å². The van der Waals surface area contributed by atoms with Gasteiger partial charge in [-0.05, 0) is 31.0 Å². The number of aliphatic hydroxyl groups is 1. The van der Waals surface area contributed by atoms with Gasteiger partial charge in [0.1, 0.15) is 0 Å². The number of hydrogen-bond acceptors (Lipinski definition) is 3. The van der Waals surface area contributed by atoms with Crippen molar-refractivity contribution in [2.24, 2.45) is 0 Å². The molecule has 0 spiro atoms. The monoisotopic (exact) mass is 291 g/mol. The SMILES string of the molecule is CCCOc1c(Cl)cc(CNCC(C)O)cc1Cl. The van der Waals surface area contributed by atoms with Crippen LogP contribution in [0.2, 0.25) is 10.0 Å². The Bertz CT molecular complexity index is 360. The lowest BCUT2D eigenvalue weighted by atomic mass is 10.2. The number of halogens is 2. The van der Waals surface area contributed by atoms with Crippen LogP contribution < -0.4 is 10.1 Å². The Hall–Kier alpha value is -0.480. The van der Waals surface area contributed by atoms with Gasteiger partial charge in [-0.15, -0.1) is 0 Å². The molecule has 18 heavy (non-hydrogen) atoms. The number of rotatable bonds is 7. The van der Waals surface area contributed by atoms with Crippen molar-refractivity contribution in [1.29, 1.82) is 0 Å². The molecule has 0 aliphatic heterocycles. The molecule has 1 aromatic carbocycles. The first-order chi connectivity index (χ1) is 8.54. The average Bonchev–Trinajstić information content (AvgIpc) is 2.27. The Morgan fingerprint density at radius 3 is 2.44 bits per heavy atom. The van der Waals surface area contributed by atoms with Crippen LogP contribution >= 0.6 is 23.2 Å². The van der Waals surface area contributed by atoms with Crippen LogP contribution in [-0.4, -0.2) is 24.4 Å². The summed E-state index contributed by atoms with van der Waals surface area (Å²) in [7, 11) is 0. The van der Waals surface area contributed by atoms with Crippen molar-refractivity contribution in [3.63, 3.8) is 0 Å². The highest BCUT2D eigenvalue weighted by Crippen LogP contribution is 2.34. The van der Waals surface area contributed by atoms with Crippen LogP contribution in [0.25, 0.3) is 0 Å². The quantitative estimate of drug-likeness (QED) is 0.810. The molecule has 1 aromatic rings. The molecule has 0 amide bonds. The standard InChI is InChI=1S/C13H19Cl2NO2/c1-3-4-18-13-11(14)5-10(6-12(13)15)8-16-7-9(2)17/h5-6,9,16-17H,3-4,7-8H2,1-2H3. The predicted molar refractivity (Wildman–Crippen MR) is 75.6 cm³/mol. The summed E-state index contributed by atoms with van der Waals surface area (Å²) in [5.74, 6) is 0.541. The van der Waals surface area contributed by atoms with E-state index < -0.39 is 0 Å². The molecule has 3 nitrogen and oxygen atoms in total. The van der Waals surface area contributed by atoms with E-state index in [2.05, 4.69) is 5.32 Å². The lowest BCUT2D eigenvalue weighted by Gasteiger charge is -2.12. The topological polar surface area (TPSA) is 41.5 Å². The maximum Gasteiger partial charge on any atom is 0.156 e. The van der Waals surface area contributed by atoms with Crippen LogP contribution in [0.1, 0.15) is 25.8 Å². The maximum atomic E-state index is 9.15. The van der Waals surface area contributed by atoms with Crippen LogP contribution in [0, 0.1) is 0 Å². The van der Waals surface area contributed by atoms with Crippen LogP contribution in [0.15, 0.2) is 12.1 Å². The molecule has 0 aliphatic carbocycles. The summed E-state index contributed by atoms with van der Waals surface area (Å²) in [5.41, 5.74) is 0.967. The molecule has 0 saturated carbocycles. The zero-order chi connectivity index (χ0) is 13.5. The van der Waals surface area contributed by atoms with Gasteiger partial charge in [-0.1, -0.05) is 30.1 Å². The second-order valence-electron chi connectivity index (χ2n) is 4.22. The first kappa shape index (κ1) is 15.6. The van der Waals surface area contributed by atoms with Gasteiger partial charge in [0.2, 0.25) is 0 Å². The predicted octanol–water partition coefficient (Wildman–Crippen LogP) is 3.25. The van der Waals surface area contributed by atoms with Gasteiger partial charge >= 0.3 is 0 Å². The molecule has 102 valence electrons.